The topological polar surface area (TPSA) is 76.2 Å². The van der Waals surface area contributed by atoms with Crippen molar-refractivity contribution in [2.45, 2.75) is 38.6 Å². The molecule has 21 heavy (non-hydrogen) atoms. The Hall–Kier alpha value is -1.56. The second-order valence-electron chi connectivity index (χ2n) is 6.32. The number of hydrogen-bond donors (Lipinski definition) is 2. The van der Waals surface area contributed by atoms with Crippen molar-refractivity contribution in [1.82, 2.24) is 15.1 Å². The molecular formula is C15H25N5O. The van der Waals surface area contributed by atoms with Gasteiger partial charge in [-0.25, -0.2) is 0 Å². The van der Waals surface area contributed by atoms with Crippen LogP contribution in [-0.4, -0.2) is 41.4 Å². The van der Waals surface area contributed by atoms with Crippen molar-refractivity contribution in [2.24, 2.45) is 18.7 Å². The van der Waals surface area contributed by atoms with Crippen LogP contribution in [0.2, 0.25) is 0 Å². The monoisotopic (exact) mass is 291 g/mol. The summed E-state index contributed by atoms with van der Waals surface area (Å²) >= 11 is 0. The number of hydrogen-bond acceptors (Lipinski definition) is 4. The van der Waals surface area contributed by atoms with Crippen molar-refractivity contribution in [3.63, 3.8) is 0 Å². The molecule has 6 nitrogen and oxygen atoms in total. The number of carbonyl (C=O) groups is 1. The first-order valence-electron chi connectivity index (χ1n) is 7.89. The maximum absolute atomic E-state index is 11.8. The number of rotatable bonds is 3. The minimum atomic E-state index is -0.378. The van der Waals surface area contributed by atoms with Gasteiger partial charge in [-0.1, -0.05) is 0 Å². The van der Waals surface area contributed by atoms with Gasteiger partial charge in [-0.2, -0.15) is 5.10 Å². The fraction of sp³-hybridized carbons (Fsp3) is 0.733. The molecule has 0 aliphatic carbocycles. The predicted octanol–water partition coefficient (Wildman–Crippen LogP) is 0.796. The maximum Gasteiger partial charge on any atom is 0.254 e. The number of aryl methyl sites for hydroxylation is 2. The number of carbonyl (C=O) groups excluding carboxylic acids is 1. The van der Waals surface area contributed by atoms with Crippen LogP contribution in [0.3, 0.4) is 0 Å². The van der Waals surface area contributed by atoms with Gasteiger partial charge in [0.2, 0.25) is 0 Å². The zero-order chi connectivity index (χ0) is 15.0. The van der Waals surface area contributed by atoms with Gasteiger partial charge in [-0.3, -0.25) is 9.48 Å². The third-order valence-electron chi connectivity index (χ3n) is 4.86. The van der Waals surface area contributed by atoms with Crippen LogP contribution in [0.4, 0.5) is 5.82 Å². The average molecular weight is 291 g/mol. The van der Waals surface area contributed by atoms with Crippen LogP contribution < -0.4 is 16.0 Å². The number of amides is 1. The Morgan fingerprint density at radius 2 is 2.19 bits per heavy atom. The Morgan fingerprint density at radius 3 is 2.86 bits per heavy atom. The van der Waals surface area contributed by atoms with E-state index < -0.39 is 0 Å². The molecule has 1 aromatic rings. The molecule has 2 aliphatic rings. The maximum atomic E-state index is 11.8. The summed E-state index contributed by atoms with van der Waals surface area (Å²) in [6, 6.07) is 0.624. The highest BCUT2D eigenvalue weighted by atomic mass is 16.1. The molecule has 3 N–H and O–H groups in total. The van der Waals surface area contributed by atoms with Gasteiger partial charge in [0.25, 0.3) is 5.91 Å². The normalized spacial score (nSPS) is 26.3. The largest absolute Gasteiger partial charge is 0.365 e. The number of piperidine rings is 1. The molecule has 3 rings (SSSR count). The van der Waals surface area contributed by atoms with Gasteiger partial charge in [-0.05, 0) is 45.1 Å². The van der Waals surface area contributed by atoms with E-state index in [1.54, 1.807) is 4.68 Å². The molecule has 3 heterocycles. The molecule has 0 aromatic carbocycles. The van der Waals surface area contributed by atoms with Crippen LogP contribution in [-0.2, 0) is 7.05 Å². The van der Waals surface area contributed by atoms with Gasteiger partial charge < -0.3 is 16.0 Å². The lowest BCUT2D eigenvalue weighted by Crippen LogP contribution is -2.44. The first-order chi connectivity index (χ1) is 10.1. The van der Waals surface area contributed by atoms with Crippen LogP contribution in [0.15, 0.2) is 0 Å². The highest BCUT2D eigenvalue weighted by molar-refractivity contribution is 5.99. The standard InChI is InChI=1S/C15H25N5O/c1-10-13(14(16)21)15(19(2)18-10)20-8-4-5-11(9-20)12-6-3-7-17-12/h11-12,17H,3-9H2,1-2H3,(H2,16,21). The smallest absolute Gasteiger partial charge is 0.254 e. The predicted molar refractivity (Wildman–Crippen MR) is 82.4 cm³/mol. The van der Waals surface area contributed by atoms with E-state index in [2.05, 4.69) is 15.3 Å². The summed E-state index contributed by atoms with van der Waals surface area (Å²) in [6.07, 6.45) is 4.96. The summed E-state index contributed by atoms with van der Waals surface area (Å²) in [5, 5.41) is 8.00. The van der Waals surface area contributed by atoms with Crippen molar-refractivity contribution in [1.29, 1.82) is 0 Å². The number of nitrogens with zero attached hydrogens (tertiary/aromatic N) is 3. The highest BCUT2D eigenvalue weighted by Crippen LogP contribution is 2.30. The second-order valence-corrected chi connectivity index (χ2v) is 6.32. The van der Waals surface area contributed by atoms with Gasteiger partial charge in [0, 0.05) is 26.2 Å². The summed E-state index contributed by atoms with van der Waals surface area (Å²) in [4.78, 5) is 14.1. The molecule has 0 spiro atoms. The third kappa shape index (κ3) is 2.64. The van der Waals surface area contributed by atoms with Crippen LogP contribution in [0.1, 0.15) is 41.7 Å². The van der Waals surface area contributed by atoms with Crippen LogP contribution in [0.5, 0.6) is 0 Å². The number of nitrogens with one attached hydrogen (secondary N) is 1. The second kappa shape index (κ2) is 5.67. The van der Waals surface area contributed by atoms with Crippen molar-refractivity contribution in [3.05, 3.63) is 11.3 Å². The Labute approximate surface area is 125 Å². The van der Waals surface area contributed by atoms with E-state index in [1.807, 2.05) is 14.0 Å². The summed E-state index contributed by atoms with van der Waals surface area (Å²) in [5.74, 6) is 1.16. The lowest BCUT2D eigenvalue weighted by atomic mass is 9.89. The minimum absolute atomic E-state index is 0.378. The summed E-state index contributed by atoms with van der Waals surface area (Å²) in [5.41, 5.74) is 6.87. The minimum Gasteiger partial charge on any atom is -0.365 e. The van der Waals surface area contributed by atoms with Gasteiger partial charge in [0.15, 0.2) is 0 Å². The molecule has 0 saturated carbocycles. The number of primary amides is 1. The molecule has 2 unspecified atom stereocenters. The van der Waals surface area contributed by atoms with Crippen molar-refractivity contribution in [3.8, 4) is 0 Å². The lowest BCUT2D eigenvalue weighted by Gasteiger charge is -2.37. The first kappa shape index (κ1) is 14.4. The van der Waals surface area contributed by atoms with Gasteiger partial charge in [0.05, 0.1) is 5.69 Å². The zero-order valence-corrected chi connectivity index (χ0v) is 12.9. The molecule has 0 radical (unpaired) electrons. The van der Waals surface area contributed by atoms with E-state index in [-0.39, 0.29) is 5.91 Å². The summed E-state index contributed by atoms with van der Waals surface area (Å²) in [6.45, 7) is 4.95. The van der Waals surface area contributed by atoms with E-state index in [4.69, 9.17) is 5.73 Å². The van der Waals surface area contributed by atoms with Crippen molar-refractivity contribution < 1.29 is 4.79 Å². The van der Waals surface area contributed by atoms with E-state index in [0.29, 0.717) is 17.5 Å². The summed E-state index contributed by atoms with van der Waals surface area (Å²) < 4.78 is 1.81. The molecule has 2 saturated heterocycles. The molecular weight excluding hydrogens is 266 g/mol. The Kier molecular flexibility index (Phi) is 3.89. The van der Waals surface area contributed by atoms with Gasteiger partial charge in [-0.15, -0.1) is 0 Å². The molecule has 1 aromatic heterocycles. The van der Waals surface area contributed by atoms with Crippen molar-refractivity contribution >= 4 is 11.7 Å². The Morgan fingerprint density at radius 1 is 1.38 bits per heavy atom. The fourth-order valence-electron chi connectivity index (χ4n) is 3.94. The SMILES string of the molecule is Cc1nn(C)c(N2CCCC(C3CCCN3)C2)c1C(N)=O. The van der Waals surface area contributed by atoms with Crippen molar-refractivity contribution in [2.75, 3.05) is 24.5 Å². The van der Waals surface area contributed by atoms with Crippen LogP contribution in [0, 0.1) is 12.8 Å². The highest BCUT2D eigenvalue weighted by Gasteiger charge is 2.32. The molecule has 6 heteroatoms. The molecule has 0 bridgehead atoms. The third-order valence-corrected chi connectivity index (χ3v) is 4.86. The van der Waals surface area contributed by atoms with E-state index in [1.165, 1.54) is 19.3 Å². The fourth-order valence-corrected chi connectivity index (χ4v) is 3.94. The molecule has 2 atom stereocenters. The quantitative estimate of drug-likeness (QED) is 0.863. The Balaban J connectivity index is 1.84. The molecule has 1 amide bonds. The Bertz CT molecular complexity index is 532. The average Bonchev–Trinajstić information content (AvgIpc) is 3.06. The lowest BCUT2D eigenvalue weighted by molar-refractivity contribution is 0.1000. The molecule has 2 aliphatic heterocycles. The van der Waals surface area contributed by atoms with E-state index in [9.17, 15) is 4.79 Å². The molecule has 2 fully saturated rings. The first-order valence-corrected chi connectivity index (χ1v) is 7.89. The van der Waals surface area contributed by atoms with Crippen LogP contribution >= 0.6 is 0 Å². The van der Waals surface area contributed by atoms with Gasteiger partial charge >= 0.3 is 0 Å². The number of aromatic nitrogens is 2. The number of anilines is 1. The van der Waals surface area contributed by atoms with Crippen LogP contribution in [0.25, 0.3) is 0 Å². The van der Waals surface area contributed by atoms with E-state index >= 15 is 0 Å². The molecule has 116 valence electrons. The zero-order valence-electron chi connectivity index (χ0n) is 12.9. The number of nitrogens with two attached hydrogens (primary N) is 1. The van der Waals surface area contributed by atoms with E-state index in [0.717, 1.165) is 37.6 Å². The van der Waals surface area contributed by atoms with Gasteiger partial charge in [0.1, 0.15) is 11.4 Å². The summed E-state index contributed by atoms with van der Waals surface area (Å²) in [7, 11) is 1.90.